The van der Waals surface area contributed by atoms with E-state index in [-0.39, 0.29) is 5.60 Å². The van der Waals surface area contributed by atoms with Crippen LogP contribution in [0, 0.1) is 9.86 Å². The monoisotopic (exact) mass is 444 g/mol. The van der Waals surface area contributed by atoms with E-state index in [1.165, 1.54) is 58.3 Å². The van der Waals surface area contributed by atoms with Crippen molar-refractivity contribution in [2.24, 2.45) is 0 Å². The quantitative estimate of drug-likeness (QED) is 0.199. The van der Waals surface area contributed by atoms with Gasteiger partial charge >= 0.3 is 156 Å². The molecule has 1 aliphatic rings. The van der Waals surface area contributed by atoms with Gasteiger partial charge in [-0.15, -0.1) is 0 Å². The number of ether oxygens (including phenoxy) is 2. The van der Waals surface area contributed by atoms with Gasteiger partial charge in [-0.3, -0.25) is 0 Å². The van der Waals surface area contributed by atoms with E-state index in [0.717, 1.165) is 12.8 Å². The normalized spacial score (nSPS) is 16.3. The predicted molar refractivity (Wildman–Crippen MR) is 107 cm³/mol. The van der Waals surface area contributed by atoms with Gasteiger partial charge in [-0.25, -0.2) is 0 Å². The van der Waals surface area contributed by atoms with Crippen molar-refractivity contribution in [2.75, 3.05) is 20.3 Å². The maximum absolute atomic E-state index is 6.15. The first kappa shape index (κ1) is 22.3. The van der Waals surface area contributed by atoms with Crippen molar-refractivity contribution in [1.82, 2.24) is 0 Å². The van der Waals surface area contributed by atoms with Gasteiger partial charge in [0.2, 0.25) is 0 Å². The van der Waals surface area contributed by atoms with Crippen molar-refractivity contribution < 1.29 is 9.47 Å². The van der Waals surface area contributed by atoms with Gasteiger partial charge in [-0.2, -0.15) is 0 Å². The van der Waals surface area contributed by atoms with Crippen molar-refractivity contribution >= 4 is 18.4 Å². The zero-order valence-corrected chi connectivity index (χ0v) is 19.6. The van der Waals surface area contributed by atoms with Crippen LogP contribution in [0.4, 0.5) is 0 Å². The predicted octanol–water partition coefficient (Wildman–Crippen LogP) is 5.96. The van der Waals surface area contributed by atoms with E-state index in [2.05, 4.69) is 30.6 Å². The molecule has 1 aliphatic carbocycles. The number of unbranched alkanes of at least 4 members (excludes halogenated alkanes) is 3. The van der Waals surface area contributed by atoms with Crippen molar-refractivity contribution in [3.8, 4) is 9.86 Å². The molecule has 1 rings (SSSR count). The summed E-state index contributed by atoms with van der Waals surface area (Å²) in [6.45, 7) is 8.34. The third kappa shape index (κ3) is 7.66. The first-order chi connectivity index (χ1) is 11.7. The van der Waals surface area contributed by atoms with Gasteiger partial charge < -0.3 is 0 Å². The standard InChI is InChI=1S/C9H13O2.3C4H9.Sn/c1-3-9(5-4-6-9)11-8-7-10-2;3*1-3-4-2;/h4-8H2,2H3;3*1,3-4H2,2H3;. The molecule has 0 heterocycles. The summed E-state index contributed by atoms with van der Waals surface area (Å²) < 4.78 is 19.7. The Hall–Kier alpha value is 0.279. The summed E-state index contributed by atoms with van der Waals surface area (Å²) >= 11 is -2.33. The first-order valence-electron chi connectivity index (χ1n) is 10.3. The number of rotatable bonds is 13. The van der Waals surface area contributed by atoms with E-state index in [9.17, 15) is 0 Å². The van der Waals surface area contributed by atoms with Crippen molar-refractivity contribution in [2.45, 2.75) is 97.5 Å². The molecule has 2 nitrogen and oxygen atoms in total. The number of methoxy groups -OCH3 is 1. The first-order valence-corrected chi connectivity index (χ1v) is 17.8. The van der Waals surface area contributed by atoms with Crippen LogP contribution in [0.5, 0.6) is 0 Å². The summed E-state index contributed by atoms with van der Waals surface area (Å²) in [4.78, 5) is 0. The third-order valence-corrected chi connectivity index (χ3v) is 18.5. The SMILES string of the molecule is CCC[CH2][Sn]([C]#CC1(OCCOC)CCC1)([CH2]CCC)[CH2]CCC. The van der Waals surface area contributed by atoms with Crippen LogP contribution in [-0.2, 0) is 9.47 Å². The summed E-state index contributed by atoms with van der Waals surface area (Å²) in [7, 11) is 1.74. The molecule has 1 saturated carbocycles. The molecule has 0 aromatic rings. The summed E-state index contributed by atoms with van der Waals surface area (Å²) in [5, 5.41) is 0. The van der Waals surface area contributed by atoms with E-state index in [1.54, 1.807) is 7.11 Å². The van der Waals surface area contributed by atoms with Gasteiger partial charge in [0.1, 0.15) is 0 Å². The van der Waals surface area contributed by atoms with Crippen LogP contribution in [0.3, 0.4) is 0 Å². The van der Waals surface area contributed by atoms with Crippen LogP contribution >= 0.6 is 0 Å². The minimum absolute atomic E-state index is 0.120. The van der Waals surface area contributed by atoms with Gasteiger partial charge in [0.25, 0.3) is 0 Å². The summed E-state index contributed by atoms with van der Waals surface area (Å²) in [6, 6.07) is 0. The fraction of sp³-hybridized carbons (Fsp3) is 0.905. The van der Waals surface area contributed by atoms with E-state index in [4.69, 9.17) is 9.47 Å². The Labute approximate surface area is 155 Å². The molecule has 0 amide bonds. The van der Waals surface area contributed by atoms with Crippen molar-refractivity contribution in [1.29, 1.82) is 0 Å². The average molecular weight is 443 g/mol. The fourth-order valence-corrected chi connectivity index (χ4v) is 16.9. The Kier molecular flexibility index (Phi) is 11.7. The minimum atomic E-state index is -2.33. The van der Waals surface area contributed by atoms with Crippen LogP contribution in [0.15, 0.2) is 0 Å². The molecule has 0 radical (unpaired) electrons. The van der Waals surface area contributed by atoms with Gasteiger partial charge in [-0.05, 0) is 0 Å². The van der Waals surface area contributed by atoms with Crippen LogP contribution in [0.25, 0.3) is 0 Å². The molecule has 0 saturated heterocycles. The molecule has 24 heavy (non-hydrogen) atoms. The molecule has 0 aliphatic heterocycles. The average Bonchev–Trinajstić information content (AvgIpc) is 2.57. The third-order valence-electron chi connectivity index (χ3n) is 5.41. The Morgan fingerprint density at radius 2 is 1.42 bits per heavy atom. The molecule has 1 fully saturated rings. The molecule has 0 atom stereocenters. The molecule has 0 aromatic heterocycles. The molecule has 0 spiro atoms. The van der Waals surface area contributed by atoms with E-state index in [0.29, 0.717) is 13.2 Å². The topological polar surface area (TPSA) is 18.5 Å². The van der Waals surface area contributed by atoms with Crippen molar-refractivity contribution in [3.05, 3.63) is 0 Å². The van der Waals surface area contributed by atoms with Crippen LogP contribution in [0.1, 0.15) is 78.6 Å². The second-order valence-corrected chi connectivity index (χ2v) is 19.8. The molecule has 0 aromatic carbocycles. The number of hydrogen-bond donors (Lipinski definition) is 0. The Morgan fingerprint density at radius 1 is 0.875 bits per heavy atom. The maximum atomic E-state index is 6.15. The molecular weight excluding hydrogens is 403 g/mol. The van der Waals surface area contributed by atoms with E-state index in [1.807, 2.05) is 0 Å². The summed E-state index contributed by atoms with van der Waals surface area (Å²) in [6.07, 6.45) is 11.6. The van der Waals surface area contributed by atoms with Crippen LogP contribution < -0.4 is 0 Å². The van der Waals surface area contributed by atoms with Crippen LogP contribution in [-0.4, -0.2) is 44.3 Å². The Bertz CT molecular complexity index is 357. The molecule has 0 N–H and O–H groups in total. The van der Waals surface area contributed by atoms with Gasteiger partial charge in [0, 0.05) is 0 Å². The Balaban J connectivity index is 2.86. The zero-order chi connectivity index (χ0) is 17.7. The molecule has 0 unspecified atom stereocenters. The van der Waals surface area contributed by atoms with Crippen molar-refractivity contribution in [3.63, 3.8) is 0 Å². The van der Waals surface area contributed by atoms with Crippen LogP contribution in [0.2, 0.25) is 13.3 Å². The summed E-state index contributed by atoms with van der Waals surface area (Å²) in [5.74, 6) is 3.72. The molecule has 3 heteroatoms. The fourth-order valence-electron chi connectivity index (χ4n) is 3.48. The van der Waals surface area contributed by atoms with Gasteiger partial charge in [-0.1, -0.05) is 0 Å². The van der Waals surface area contributed by atoms with Gasteiger partial charge in [0.05, 0.1) is 0 Å². The molecular formula is C21H40O2Sn. The molecule has 0 bridgehead atoms. The van der Waals surface area contributed by atoms with E-state index < -0.39 is 18.4 Å². The second-order valence-electron chi connectivity index (χ2n) is 7.53. The summed E-state index contributed by atoms with van der Waals surface area (Å²) in [5.41, 5.74) is -0.120. The second kappa shape index (κ2) is 12.6. The molecule has 140 valence electrons. The van der Waals surface area contributed by atoms with Gasteiger partial charge in [0.15, 0.2) is 0 Å². The zero-order valence-electron chi connectivity index (χ0n) is 16.7. The van der Waals surface area contributed by atoms with E-state index >= 15 is 0 Å². The number of hydrogen-bond acceptors (Lipinski definition) is 2. The Morgan fingerprint density at radius 3 is 1.79 bits per heavy atom.